The first-order valence-electron chi connectivity index (χ1n) is 13.8. The summed E-state index contributed by atoms with van der Waals surface area (Å²) >= 11 is 0. The van der Waals surface area contributed by atoms with Gasteiger partial charge in [-0.15, -0.1) is 0 Å². The number of likely N-dealkylation sites (tertiary alicyclic amines) is 1. The molecule has 0 saturated carbocycles. The van der Waals surface area contributed by atoms with E-state index in [2.05, 4.69) is 5.10 Å². The van der Waals surface area contributed by atoms with Gasteiger partial charge in [-0.2, -0.15) is 9.78 Å². The van der Waals surface area contributed by atoms with Crippen molar-refractivity contribution in [1.82, 2.24) is 14.7 Å². The van der Waals surface area contributed by atoms with Crippen LogP contribution in [-0.4, -0.2) is 70.8 Å². The van der Waals surface area contributed by atoms with Gasteiger partial charge in [0.05, 0.1) is 31.0 Å². The standard InChI is InChI=1S/C31H38FN3O7/c1-30(2,3)41-28(37)34-13-12-23(19-9-11-25(32)24(14-19)27(36)39-7)21(17-34)18-40-22-10-8-20-16-33-35(26(20)15-22)29(38)42-31(4,5)6/h8-11,14-16,21,23H,12-13,17-18H2,1-7H3/t21-,23-/m0/s1. The van der Waals surface area contributed by atoms with Crippen LogP contribution in [0.5, 0.6) is 5.75 Å². The van der Waals surface area contributed by atoms with E-state index >= 15 is 0 Å². The molecule has 42 heavy (non-hydrogen) atoms. The molecule has 2 atom stereocenters. The monoisotopic (exact) mass is 583 g/mol. The summed E-state index contributed by atoms with van der Waals surface area (Å²) in [4.78, 5) is 39.4. The van der Waals surface area contributed by atoms with E-state index in [0.717, 1.165) is 10.9 Å². The zero-order valence-electron chi connectivity index (χ0n) is 25.1. The minimum absolute atomic E-state index is 0.148. The molecule has 1 aliphatic rings. The lowest BCUT2D eigenvalue weighted by molar-refractivity contribution is 0.0111. The predicted molar refractivity (Wildman–Crippen MR) is 153 cm³/mol. The Bertz CT molecular complexity index is 1470. The van der Waals surface area contributed by atoms with Crippen LogP contribution in [0.3, 0.4) is 0 Å². The number of carbonyl (C=O) groups is 3. The molecule has 0 radical (unpaired) electrons. The first-order valence-corrected chi connectivity index (χ1v) is 13.8. The normalized spacial score (nSPS) is 17.6. The fourth-order valence-electron chi connectivity index (χ4n) is 4.91. The van der Waals surface area contributed by atoms with Gasteiger partial charge in [0.15, 0.2) is 0 Å². The number of piperidine rings is 1. The van der Waals surface area contributed by atoms with Gasteiger partial charge in [-0.1, -0.05) is 6.07 Å². The summed E-state index contributed by atoms with van der Waals surface area (Å²) < 4.78 is 37.7. The van der Waals surface area contributed by atoms with Gasteiger partial charge in [0, 0.05) is 30.5 Å². The largest absolute Gasteiger partial charge is 0.493 e. The number of nitrogens with zero attached hydrogens (tertiary/aromatic N) is 3. The lowest BCUT2D eigenvalue weighted by Crippen LogP contribution is -2.46. The van der Waals surface area contributed by atoms with Gasteiger partial charge in [0.25, 0.3) is 0 Å². The van der Waals surface area contributed by atoms with Crippen molar-refractivity contribution in [3.8, 4) is 5.75 Å². The van der Waals surface area contributed by atoms with Crippen LogP contribution in [0.1, 0.15) is 69.8 Å². The van der Waals surface area contributed by atoms with Gasteiger partial charge in [-0.05, 0) is 83.7 Å². The van der Waals surface area contributed by atoms with Crippen LogP contribution < -0.4 is 4.74 Å². The summed E-state index contributed by atoms with van der Waals surface area (Å²) in [6, 6.07) is 9.70. The predicted octanol–water partition coefficient (Wildman–Crippen LogP) is 6.16. The van der Waals surface area contributed by atoms with Crippen LogP contribution in [0, 0.1) is 11.7 Å². The molecule has 1 fully saturated rings. The summed E-state index contributed by atoms with van der Waals surface area (Å²) in [5.74, 6) is -1.31. The number of halogens is 1. The molecule has 0 N–H and O–H groups in total. The van der Waals surface area contributed by atoms with Crippen molar-refractivity contribution in [3.05, 3.63) is 59.5 Å². The number of benzene rings is 2. The quantitative estimate of drug-likeness (QED) is 0.259. The summed E-state index contributed by atoms with van der Waals surface area (Å²) in [5, 5.41) is 4.91. The molecule has 0 unspecified atom stereocenters. The first kappa shape index (κ1) is 30.8. The number of carbonyl (C=O) groups excluding carboxylic acids is 3. The third-order valence-corrected chi connectivity index (χ3v) is 6.78. The van der Waals surface area contributed by atoms with Gasteiger partial charge in [-0.3, -0.25) is 0 Å². The lowest BCUT2D eigenvalue weighted by atomic mass is 9.80. The average molecular weight is 584 g/mol. The van der Waals surface area contributed by atoms with Crippen molar-refractivity contribution in [2.75, 3.05) is 26.8 Å². The number of methoxy groups -OCH3 is 1. The zero-order valence-corrected chi connectivity index (χ0v) is 25.1. The molecular weight excluding hydrogens is 545 g/mol. The van der Waals surface area contributed by atoms with E-state index in [1.165, 1.54) is 23.9 Å². The first-order chi connectivity index (χ1) is 19.6. The Hall–Kier alpha value is -4.15. The van der Waals surface area contributed by atoms with Crippen molar-refractivity contribution in [2.24, 2.45) is 5.92 Å². The molecule has 4 rings (SSSR count). The molecule has 0 bridgehead atoms. The fraction of sp³-hybridized carbons (Fsp3) is 0.484. The van der Waals surface area contributed by atoms with Gasteiger partial charge in [0.1, 0.15) is 22.8 Å². The number of aromatic nitrogens is 2. The fourth-order valence-corrected chi connectivity index (χ4v) is 4.91. The molecule has 1 amide bonds. The van der Waals surface area contributed by atoms with Crippen molar-refractivity contribution < 1.29 is 37.7 Å². The van der Waals surface area contributed by atoms with E-state index in [-0.39, 0.29) is 24.0 Å². The van der Waals surface area contributed by atoms with Gasteiger partial charge < -0.3 is 23.8 Å². The summed E-state index contributed by atoms with van der Waals surface area (Å²) in [6.07, 6.45) is 1.09. The van der Waals surface area contributed by atoms with E-state index in [1.807, 2.05) is 20.8 Å². The van der Waals surface area contributed by atoms with E-state index in [0.29, 0.717) is 30.8 Å². The lowest BCUT2D eigenvalue weighted by Gasteiger charge is -2.39. The molecule has 2 heterocycles. The highest BCUT2D eigenvalue weighted by Gasteiger charge is 2.35. The molecule has 1 saturated heterocycles. The smallest absolute Gasteiger partial charge is 0.435 e. The highest BCUT2D eigenvalue weighted by molar-refractivity contribution is 5.90. The molecule has 1 aliphatic heterocycles. The Labute approximate surface area is 244 Å². The Morgan fingerprint density at radius 3 is 2.33 bits per heavy atom. The molecular formula is C31H38FN3O7. The Morgan fingerprint density at radius 1 is 0.976 bits per heavy atom. The van der Waals surface area contributed by atoms with Crippen LogP contribution in [0.15, 0.2) is 42.6 Å². The molecule has 11 heteroatoms. The maximum Gasteiger partial charge on any atom is 0.435 e. The van der Waals surface area contributed by atoms with E-state index in [4.69, 9.17) is 18.9 Å². The molecule has 1 aromatic heterocycles. The molecule has 226 valence electrons. The van der Waals surface area contributed by atoms with Gasteiger partial charge in [0.2, 0.25) is 0 Å². The number of fused-ring (bicyclic) bond motifs is 1. The molecule has 3 aromatic rings. The van der Waals surface area contributed by atoms with Crippen molar-refractivity contribution >= 4 is 29.1 Å². The summed E-state index contributed by atoms with van der Waals surface area (Å²) in [5.41, 5.74) is -0.219. The second-order valence-corrected chi connectivity index (χ2v) is 12.4. The number of ether oxygens (including phenoxy) is 4. The third-order valence-electron chi connectivity index (χ3n) is 6.78. The minimum Gasteiger partial charge on any atom is -0.493 e. The van der Waals surface area contributed by atoms with Crippen LogP contribution in [0.4, 0.5) is 14.0 Å². The van der Waals surface area contributed by atoms with Crippen LogP contribution in [0.2, 0.25) is 0 Å². The van der Waals surface area contributed by atoms with Gasteiger partial charge in [-0.25, -0.2) is 18.8 Å². The maximum atomic E-state index is 14.4. The molecule has 0 aliphatic carbocycles. The number of amides is 1. The third kappa shape index (κ3) is 7.37. The molecule has 10 nitrogen and oxygen atoms in total. The van der Waals surface area contributed by atoms with Crippen LogP contribution >= 0.6 is 0 Å². The highest BCUT2D eigenvalue weighted by atomic mass is 19.1. The molecule has 0 spiro atoms. The van der Waals surface area contributed by atoms with E-state index < -0.39 is 35.2 Å². The van der Waals surface area contributed by atoms with Crippen molar-refractivity contribution in [3.63, 3.8) is 0 Å². The maximum absolute atomic E-state index is 14.4. The highest BCUT2D eigenvalue weighted by Crippen LogP contribution is 2.35. The number of rotatable bonds is 5. The second-order valence-electron chi connectivity index (χ2n) is 12.4. The topological polar surface area (TPSA) is 109 Å². The minimum atomic E-state index is -0.761. The Balaban J connectivity index is 1.60. The average Bonchev–Trinajstić information content (AvgIpc) is 3.33. The Kier molecular flexibility index (Phi) is 8.79. The number of hydrogen-bond donors (Lipinski definition) is 0. The van der Waals surface area contributed by atoms with Crippen molar-refractivity contribution in [1.29, 1.82) is 0 Å². The Morgan fingerprint density at radius 2 is 1.67 bits per heavy atom. The van der Waals surface area contributed by atoms with Crippen molar-refractivity contribution in [2.45, 2.75) is 65.1 Å². The van der Waals surface area contributed by atoms with E-state index in [1.54, 1.807) is 56.1 Å². The van der Waals surface area contributed by atoms with Crippen LogP contribution in [0.25, 0.3) is 10.9 Å². The van der Waals surface area contributed by atoms with Gasteiger partial charge >= 0.3 is 18.2 Å². The summed E-state index contributed by atoms with van der Waals surface area (Å²) in [7, 11) is 1.20. The molecule has 2 aromatic carbocycles. The SMILES string of the molecule is COC(=O)c1cc([C@@H]2CCN(C(=O)OC(C)(C)C)C[C@H]2COc2ccc3cnn(C(=O)OC(C)(C)C)c3c2)ccc1F. The zero-order chi connectivity index (χ0) is 30.8. The number of esters is 1. The number of hydrogen-bond acceptors (Lipinski definition) is 8. The van der Waals surface area contributed by atoms with Crippen LogP contribution in [-0.2, 0) is 14.2 Å². The summed E-state index contributed by atoms with van der Waals surface area (Å²) in [6.45, 7) is 11.7. The van der Waals surface area contributed by atoms with E-state index in [9.17, 15) is 18.8 Å². The second kappa shape index (κ2) is 12.0.